The highest BCUT2D eigenvalue weighted by Crippen LogP contribution is 2.22. The minimum absolute atomic E-state index is 0.574. The third-order valence-electron chi connectivity index (χ3n) is 2.89. The van der Waals surface area contributed by atoms with Crippen molar-refractivity contribution in [2.75, 3.05) is 0 Å². The number of carbonyl (C=O) groups is 1. The highest BCUT2D eigenvalue weighted by molar-refractivity contribution is 5.74. The van der Waals surface area contributed by atoms with Crippen LogP contribution in [0.2, 0.25) is 0 Å². The molecule has 17 heavy (non-hydrogen) atoms. The molecular weight excluding hydrogens is 212 g/mol. The zero-order chi connectivity index (χ0) is 13.1. The van der Waals surface area contributed by atoms with Gasteiger partial charge in [0.25, 0.3) is 0 Å². The summed E-state index contributed by atoms with van der Waals surface area (Å²) in [6, 6.07) is 8.30. The molecule has 0 unspecified atom stereocenters. The molecule has 2 nitrogen and oxygen atoms in total. The lowest BCUT2D eigenvalue weighted by Gasteiger charge is -2.19. The highest BCUT2D eigenvalue weighted by atomic mass is 16.4. The third kappa shape index (κ3) is 4.22. The molecule has 0 bridgehead atoms. The monoisotopic (exact) mass is 234 g/mol. The van der Waals surface area contributed by atoms with Gasteiger partial charge in [-0.25, -0.2) is 0 Å². The summed E-state index contributed by atoms with van der Waals surface area (Å²) in [7, 11) is 0. The Bertz CT molecular complexity index is 374. The second-order valence-electron chi connectivity index (χ2n) is 5.78. The minimum atomic E-state index is -0.747. The van der Waals surface area contributed by atoms with Gasteiger partial charge < -0.3 is 5.11 Å². The summed E-state index contributed by atoms with van der Waals surface area (Å²) in [5, 5.41) is 9.08. The van der Waals surface area contributed by atoms with Crippen LogP contribution < -0.4 is 0 Å². The van der Waals surface area contributed by atoms with Crippen LogP contribution in [0.25, 0.3) is 0 Å². The predicted octanol–water partition coefficient (Wildman–Crippen LogP) is 3.54. The number of carboxylic acid groups (broad SMARTS) is 1. The Balaban J connectivity index is 2.72. The Morgan fingerprint density at radius 1 is 1.18 bits per heavy atom. The SMILES string of the molecule is CC(C)Cc1ccc(CC(C)(C)C(=O)O)cc1. The van der Waals surface area contributed by atoms with Crippen molar-refractivity contribution in [3.8, 4) is 0 Å². The van der Waals surface area contributed by atoms with Gasteiger partial charge in [0.05, 0.1) is 5.41 Å². The molecule has 0 radical (unpaired) electrons. The molecule has 0 aliphatic carbocycles. The molecule has 1 N–H and O–H groups in total. The van der Waals surface area contributed by atoms with Crippen LogP contribution in [0.3, 0.4) is 0 Å². The summed E-state index contributed by atoms with van der Waals surface area (Å²) in [6.07, 6.45) is 1.65. The lowest BCUT2D eigenvalue weighted by molar-refractivity contribution is -0.146. The largest absolute Gasteiger partial charge is 0.481 e. The average molecular weight is 234 g/mol. The predicted molar refractivity (Wildman–Crippen MR) is 70.1 cm³/mol. The van der Waals surface area contributed by atoms with E-state index < -0.39 is 11.4 Å². The van der Waals surface area contributed by atoms with E-state index in [-0.39, 0.29) is 0 Å². The molecule has 0 aliphatic rings. The first-order valence-corrected chi connectivity index (χ1v) is 6.12. The van der Waals surface area contributed by atoms with Crippen molar-refractivity contribution in [3.05, 3.63) is 35.4 Å². The maximum absolute atomic E-state index is 11.0. The van der Waals surface area contributed by atoms with Crippen LogP contribution in [0.4, 0.5) is 0 Å². The van der Waals surface area contributed by atoms with Crippen molar-refractivity contribution >= 4 is 5.97 Å². The number of rotatable bonds is 5. The third-order valence-corrected chi connectivity index (χ3v) is 2.89. The smallest absolute Gasteiger partial charge is 0.309 e. The first kappa shape index (κ1) is 13.8. The van der Waals surface area contributed by atoms with Crippen LogP contribution in [0.1, 0.15) is 38.8 Å². The summed E-state index contributed by atoms with van der Waals surface area (Å²) < 4.78 is 0. The van der Waals surface area contributed by atoms with Gasteiger partial charge in [-0.1, -0.05) is 38.1 Å². The molecule has 2 heteroatoms. The van der Waals surface area contributed by atoms with Gasteiger partial charge in [0, 0.05) is 0 Å². The lowest BCUT2D eigenvalue weighted by atomic mass is 9.85. The van der Waals surface area contributed by atoms with Gasteiger partial charge in [0.2, 0.25) is 0 Å². The van der Waals surface area contributed by atoms with E-state index in [9.17, 15) is 4.79 Å². The van der Waals surface area contributed by atoms with E-state index in [4.69, 9.17) is 5.11 Å². The van der Waals surface area contributed by atoms with E-state index in [2.05, 4.69) is 26.0 Å². The second kappa shape index (κ2) is 5.35. The van der Waals surface area contributed by atoms with E-state index in [0.29, 0.717) is 12.3 Å². The Labute approximate surface area is 104 Å². The molecule has 1 rings (SSSR count). The fraction of sp³-hybridized carbons (Fsp3) is 0.533. The normalized spacial score (nSPS) is 11.8. The number of hydrogen-bond donors (Lipinski definition) is 1. The van der Waals surface area contributed by atoms with E-state index in [0.717, 1.165) is 12.0 Å². The molecule has 0 fully saturated rings. The standard InChI is InChI=1S/C15H22O2/c1-11(2)9-12-5-7-13(8-6-12)10-15(3,4)14(16)17/h5-8,11H,9-10H2,1-4H3,(H,16,17). The molecule has 94 valence electrons. The van der Waals surface area contributed by atoms with E-state index >= 15 is 0 Å². The number of carboxylic acids is 1. The van der Waals surface area contributed by atoms with Crippen LogP contribution >= 0.6 is 0 Å². The van der Waals surface area contributed by atoms with Gasteiger partial charge in [-0.3, -0.25) is 4.79 Å². The summed E-state index contributed by atoms with van der Waals surface area (Å²) in [5.74, 6) is -0.0972. The van der Waals surface area contributed by atoms with Crippen molar-refractivity contribution in [2.45, 2.75) is 40.5 Å². The van der Waals surface area contributed by atoms with Gasteiger partial charge in [-0.05, 0) is 43.7 Å². The molecule has 0 heterocycles. The fourth-order valence-corrected chi connectivity index (χ4v) is 1.85. The molecule has 0 atom stereocenters. The van der Waals surface area contributed by atoms with Crippen LogP contribution in [-0.2, 0) is 17.6 Å². The average Bonchev–Trinajstić information content (AvgIpc) is 2.19. The second-order valence-corrected chi connectivity index (χ2v) is 5.78. The Morgan fingerprint density at radius 3 is 2.06 bits per heavy atom. The Kier molecular flexibility index (Phi) is 4.33. The first-order valence-electron chi connectivity index (χ1n) is 6.12. The molecular formula is C15H22O2. The van der Waals surface area contributed by atoms with Crippen LogP contribution in [0, 0.1) is 11.3 Å². The van der Waals surface area contributed by atoms with Crippen LogP contribution in [0.15, 0.2) is 24.3 Å². The quantitative estimate of drug-likeness (QED) is 0.846. The van der Waals surface area contributed by atoms with Gasteiger partial charge in [-0.15, -0.1) is 0 Å². The summed E-state index contributed by atoms with van der Waals surface area (Å²) in [5.41, 5.74) is 1.71. The summed E-state index contributed by atoms with van der Waals surface area (Å²) >= 11 is 0. The van der Waals surface area contributed by atoms with Crippen molar-refractivity contribution in [2.24, 2.45) is 11.3 Å². The van der Waals surface area contributed by atoms with E-state index in [1.807, 2.05) is 12.1 Å². The number of benzene rings is 1. The molecule has 0 spiro atoms. The van der Waals surface area contributed by atoms with Gasteiger partial charge >= 0.3 is 5.97 Å². The molecule has 0 saturated heterocycles. The van der Waals surface area contributed by atoms with Gasteiger partial charge in [0.1, 0.15) is 0 Å². The minimum Gasteiger partial charge on any atom is -0.481 e. The maximum atomic E-state index is 11.0. The Hall–Kier alpha value is -1.31. The van der Waals surface area contributed by atoms with Gasteiger partial charge in [-0.2, -0.15) is 0 Å². The van der Waals surface area contributed by atoms with Crippen molar-refractivity contribution in [1.29, 1.82) is 0 Å². The van der Waals surface area contributed by atoms with Crippen molar-refractivity contribution < 1.29 is 9.90 Å². The molecule has 1 aromatic rings. The van der Waals surface area contributed by atoms with Crippen LogP contribution in [0.5, 0.6) is 0 Å². The molecule has 0 aromatic heterocycles. The zero-order valence-corrected chi connectivity index (χ0v) is 11.2. The molecule has 0 saturated carbocycles. The molecule has 0 amide bonds. The lowest BCUT2D eigenvalue weighted by Crippen LogP contribution is -2.26. The van der Waals surface area contributed by atoms with Gasteiger partial charge in [0.15, 0.2) is 0 Å². The van der Waals surface area contributed by atoms with E-state index in [1.54, 1.807) is 13.8 Å². The Morgan fingerprint density at radius 2 is 1.65 bits per heavy atom. The fourth-order valence-electron chi connectivity index (χ4n) is 1.85. The van der Waals surface area contributed by atoms with E-state index in [1.165, 1.54) is 5.56 Å². The molecule has 0 aliphatic heterocycles. The van der Waals surface area contributed by atoms with Crippen molar-refractivity contribution in [3.63, 3.8) is 0 Å². The summed E-state index contributed by atoms with van der Waals surface area (Å²) in [6.45, 7) is 7.91. The summed E-state index contributed by atoms with van der Waals surface area (Å²) in [4.78, 5) is 11.0. The molecule has 1 aromatic carbocycles. The maximum Gasteiger partial charge on any atom is 0.309 e. The van der Waals surface area contributed by atoms with Crippen molar-refractivity contribution in [1.82, 2.24) is 0 Å². The zero-order valence-electron chi connectivity index (χ0n) is 11.2. The highest BCUT2D eigenvalue weighted by Gasteiger charge is 2.27. The number of hydrogen-bond acceptors (Lipinski definition) is 1. The topological polar surface area (TPSA) is 37.3 Å². The first-order chi connectivity index (χ1) is 7.81. The van der Waals surface area contributed by atoms with Crippen LogP contribution in [-0.4, -0.2) is 11.1 Å². The number of aliphatic carboxylic acids is 1.